The topological polar surface area (TPSA) is 59.0 Å². The van der Waals surface area contributed by atoms with Gasteiger partial charge in [-0.25, -0.2) is 8.42 Å². The van der Waals surface area contributed by atoms with Gasteiger partial charge in [0.1, 0.15) is 5.75 Å². The normalized spacial score (nSPS) is 17.9. The monoisotopic (exact) mass is 330 g/mol. The summed E-state index contributed by atoms with van der Waals surface area (Å²) in [7, 11) is -1.84. The Balaban J connectivity index is 1.97. The molecule has 2 aromatic rings. The summed E-state index contributed by atoms with van der Waals surface area (Å²) in [6, 6.07) is 16.7. The van der Waals surface area contributed by atoms with Crippen LogP contribution in [0.1, 0.15) is 23.6 Å². The lowest BCUT2D eigenvalue weighted by Gasteiger charge is -2.21. The Hall–Kier alpha value is -2.34. The Bertz CT molecular complexity index is 815. The Kier molecular flexibility index (Phi) is 4.09. The number of hydrogen-bond acceptors (Lipinski definition) is 4. The average Bonchev–Trinajstić information content (AvgIpc) is 3.01. The fraction of sp³-hybridized carbons (Fsp3) is 0.235. The lowest BCUT2D eigenvalue weighted by molar-refractivity contribution is 0.374. The van der Waals surface area contributed by atoms with Crippen molar-refractivity contribution in [3.63, 3.8) is 0 Å². The highest BCUT2D eigenvalue weighted by Crippen LogP contribution is 2.35. The molecule has 0 bridgehead atoms. The van der Waals surface area contributed by atoms with Crippen LogP contribution >= 0.6 is 0 Å². The van der Waals surface area contributed by atoms with Crippen molar-refractivity contribution in [2.24, 2.45) is 5.10 Å². The van der Waals surface area contributed by atoms with Crippen LogP contribution in [0.5, 0.6) is 5.75 Å². The molecule has 3 rings (SSSR count). The van der Waals surface area contributed by atoms with Gasteiger partial charge in [-0.05, 0) is 23.3 Å². The van der Waals surface area contributed by atoms with Crippen molar-refractivity contribution < 1.29 is 13.2 Å². The van der Waals surface area contributed by atoms with E-state index in [-0.39, 0.29) is 6.04 Å². The van der Waals surface area contributed by atoms with Gasteiger partial charge in [0, 0.05) is 6.42 Å². The fourth-order valence-electron chi connectivity index (χ4n) is 2.67. The minimum absolute atomic E-state index is 0.328. The van der Waals surface area contributed by atoms with E-state index >= 15 is 0 Å². The van der Waals surface area contributed by atoms with Gasteiger partial charge in [0.2, 0.25) is 10.0 Å². The van der Waals surface area contributed by atoms with Crippen LogP contribution in [-0.2, 0) is 10.0 Å². The molecule has 1 aliphatic rings. The van der Waals surface area contributed by atoms with Crippen molar-refractivity contribution in [3.8, 4) is 5.75 Å². The third kappa shape index (κ3) is 3.22. The number of nitrogens with zero attached hydrogens (tertiary/aromatic N) is 2. The molecule has 0 spiro atoms. The summed E-state index contributed by atoms with van der Waals surface area (Å²) in [5.41, 5.74) is 2.61. The van der Waals surface area contributed by atoms with Crippen LogP contribution in [0, 0.1) is 0 Å². The van der Waals surface area contributed by atoms with Crippen molar-refractivity contribution in [2.45, 2.75) is 12.5 Å². The van der Waals surface area contributed by atoms with Crippen molar-refractivity contribution >= 4 is 15.7 Å². The molecule has 0 saturated carbocycles. The number of ether oxygens (including phenoxy) is 1. The number of sulfonamides is 1. The van der Waals surface area contributed by atoms with E-state index < -0.39 is 10.0 Å². The second kappa shape index (κ2) is 6.04. The zero-order valence-electron chi connectivity index (χ0n) is 13.0. The molecular weight excluding hydrogens is 312 g/mol. The molecule has 6 heteroatoms. The minimum Gasteiger partial charge on any atom is -0.497 e. The largest absolute Gasteiger partial charge is 0.497 e. The number of rotatable bonds is 4. The van der Waals surface area contributed by atoms with Crippen molar-refractivity contribution in [1.82, 2.24) is 4.41 Å². The van der Waals surface area contributed by atoms with Crippen molar-refractivity contribution in [3.05, 3.63) is 65.7 Å². The average molecular weight is 330 g/mol. The molecule has 0 amide bonds. The first-order chi connectivity index (χ1) is 11.0. The van der Waals surface area contributed by atoms with Crippen LogP contribution in [0.4, 0.5) is 0 Å². The van der Waals surface area contributed by atoms with Crippen LogP contribution in [0.25, 0.3) is 0 Å². The highest BCUT2D eigenvalue weighted by atomic mass is 32.2. The number of hydrazone groups is 1. The molecule has 1 heterocycles. The summed E-state index contributed by atoms with van der Waals surface area (Å²) in [5, 5.41) is 4.36. The maximum atomic E-state index is 12.1. The van der Waals surface area contributed by atoms with E-state index in [4.69, 9.17) is 4.74 Å². The van der Waals surface area contributed by atoms with Crippen LogP contribution in [0.15, 0.2) is 59.7 Å². The standard InChI is InChI=1S/C17H18N2O3S/c1-22-15-10-8-14(9-11-15)17-12-16(13-6-4-3-5-7-13)18-19(17)23(2,20)21/h3-11,17H,12H2,1-2H3/t17-/m1/s1. The molecule has 2 aromatic carbocycles. The van der Waals surface area contributed by atoms with Crippen molar-refractivity contribution in [2.75, 3.05) is 13.4 Å². The molecule has 23 heavy (non-hydrogen) atoms. The summed E-state index contributed by atoms with van der Waals surface area (Å²) in [5.74, 6) is 0.738. The smallest absolute Gasteiger partial charge is 0.247 e. The summed E-state index contributed by atoms with van der Waals surface area (Å²) in [4.78, 5) is 0. The first-order valence-corrected chi connectivity index (χ1v) is 9.10. The zero-order chi connectivity index (χ0) is 16.4. The summed E-state index contributed by atoms with van der Waals surface area (Å²) >= 11 is 0. The van der Waals surface area contributed by atoms with Crippen LogP contribution < -0.4 is 4.74 Å². The Morgan fingerprint density at radius 2 is 1.74 bits per heavy atom. The molecule has 120 valence electrons. The van der Waals surface area contributed by atoms with Gasteiger partial charge in [-0.15, -0.1) is 0 Å². The van der Waals surface area contributed by atoms with Crippen molar-refractivity contribution in [1.29, 1.82) is 0 Å². The van der Waals surface area contributed by atoms with E-state index in [1.807, 2.05) is 54.6 Å². The molecule has 5 nitrogen and oxygen atoms in total. The minimum atomic E-state index is -3.44. The maximum Gasteiger partial charge on any atom is 0.247 e. The van der Waals surface area contributed by atoms with Crippen LogP contribution in [-0.4, -0.2) is 31.9 Å². The quantitative estimate of drug-likeness (QED) is 0.866. The van der Waals surface area contributed by atoms with Crippen LogP contribution in [0.3, 0.4) is 0 Å². The highest BCUT2D eigenvalue weighted by Gasteiger charge is 2.34. The predicted octanol–water partition coefficient (Wildman–Crippen LogP) is 2.81. The van der Waals surface area contributed by atoms with Crippen LogP contribution in [0.2, 0.25) is 0 Å². The van der Waals surface area contributed by atoms with Gasteiger partial charge in [0.25, 0.3) is 0 Å². The molecule has 0 saturated heterocycles. The molecular formula is C17H18N2O3S. The third-order valence-corrected chi connectivity index (χ3v) is 4.84. The van der Waals surface area contributed by atoms with E-state index in [0.29, 0.717) is 6.42 Å². The van der Waals surface area contributed by atoms with Gasteiger partial charge in [-0.2, -0.15) is 9.52 Å². The molecule has 0 fully saturated rings. The summed E-state index contributed by atoms with van der Waals surface area (Å²) < 4.78 is 30.6. The Labute approximate surface area is 136 Å². The highest BCUT2D eigenvalue weighted by molar-refractivity contribution is 7.88. The van der Waals surface area contributed by atoms with Gasteiger partial charge >= 0.3 is 0 Å². The third-order valence-electron chi connectivity index (χ3n) is 3.82. The van der Waals surface area contributed by atoms with Gasteiger partial charge in [-0.1, -0.05) is 42.5 Å². The second-order valence-electron chi connectivity index (χ2n) is 5.44. The summed E-state index contributed by atoms with van der Waals surface area (Å²) in [6.07, 6.45) is 1.73. The zero-order valence-corrected chi connectivity index (χ0v) is 13.8. The molecule has 0 aromatic heterocycles. The molecule has 0 radical (unpaired) electrons. The second-order valence-corrected chi connectivity index (χ2v) is 7.28. The van der Waals surface area contributed by atoms with E-state index in [1.54, 1.807) is 7.11 Å². The Morgan fingerprint density at radius 1 is 1.09 bits per heavy atom. The molecule has 1 aliphatic heterocycles. The first-order valence-electron chi connectivity index (χ1n) is 7.25. The predicted molar refractivity (Wildman–Crippen MR) is 90.0 cm³/mol. The van der Waals surface area contributed by atoms with Gasteiger partial charge in [0.15, 0.2) is 0 Å². The number of benzene rings is 2. The molecule has 0 aliphatic carbocycles. The lowest BCUT2D eigenvalue weighted by Crippen LogP contribution is -2.25. The van der Waals surface area contributed by atoms with E-state index in [2.05, 4.69) is 5.10 Å². The van der Waals surface area contributed by atoms with E-state index in [9.17, 15) is 8.42 Å². The van der Waals surface area contributed by atoms with E-state index in [0.717, 1.165) is 22.6 Å². The maximum absolute atomic E-state index is 12.1. The SMILES string of the molecule is COc1ccc([C@H]2CC(c3ccccc3)=NN2S(C)(=O)=O)cc1. The number of hydrogen-bond donors (Lipinski definition) is 0. The Morgan fingerprint density at radius 3 is 2.30 bits per heavy atom. The number of methoxy groups -OCH3 is 1. The molecule has 0 N–H and O–H groups in total. The summed E-state index contributed by atoms with van der Waals surface area (Å²) in [6.45, 7) is 0. The van der Waals surface area contributed by atoms with Gasteiger partial charge in [0.05, 0.1) is 25.1 Å². The lowest BCUT2D eigenvalue weighted by atomic mass is 9.99. The molecule has 0 unspecified atom stereocenters. The van der Waals surface area contributed by atoms with Gasteiger partial charge in [-0.3, -0.25) is 0 Å². The first kappa shape index (κ1) is 15.6. The van der Waals surface area contributed by atoms with Gasteiger partial charge < -0.3 is 4.74 Å². The molecule has 1 atom stereocenters. The fourth-order valence-corrected chi connectivity index (χ4v) is 3.58. The van der Waals surface area contributed by atoms with E-state index in [1.165, 1.54) is 10.7 Å².